The highest BCUT2D eigenvalue weighted by Crippen LogP contribution is 2.25. The molecule has 0 aromatic carbocycles. The molecule has 1 aliphatic carbocycles. The van der Waals surface area contributed by atoms with Crippen LogP contribution >= 0.6 is 0 Å². The molecule has 1 aromatic heterocycles. The van der Waals surface area contributed by atoms with E-state index in [1.165, 1.54) is 38.5 Å². The molecule has 1 saturated carbocycles. The second kappa shape index (κ2) is 6.59. The first kappa shape index (κ1) is 14.6. The fraction of sp³-hybridized carbons (Fsp3) is 0.600. The molecule has 5 nitrogen and oxygen atoms in total. The van der Waals surface area contributed by atoms with Crippen molar-refractivity contribution in [1.82, 2.24) is 4.98 Å². The first-order valence-corrected chi connectivity index (χ1v) is 7.31. The second-order valence-corrected chi connectivity index (χ2v) is 5.60. The van der Waals surface area contributed by atoms with Crippen LogP contribution in [0.4, 0.5) is 5.82 Å². The molecule has 2 rings (SSSR count). The van der Waals surface area contributed by atoms with Crippen LogP contribution in [-0.2, 0) is 0 Å². The molecule has 0 unspecified atom stereocenters. The number of aromatic nitrogens is 1. The van der Waals surface area contributed by atoms with E-state index in [4.69, 9.17) is 10.9 Å². The number of hydrogen-bond donors (Lipinski definition) is 2. The molecular formula is C15H24N4O. The average Bonchev–Trinajstić information content (AvgIpc) is 2.74. The Morgan fingerprint density at radius 2 is 1.95 bits per heavy atom. The van der Waals surface area contributed by atoms with Gasteiger partial charge in [-0.25, -0.2) is 4.98 Å². The van der Waals surface area contributed by atoms with Gasteiger partial charge in [0, 0.05) is 24.3 Å². The number of oxime groups is 1. The topological polar surface area (TPSA) is 74.7 Å². The van der Waals surface area contributed by atoms with E-state index in [0.717, 1.165) is 17.1 Å². The van der Waals surface area contributed by atoms with Gasteiger partial charge in [0.25, 0.3) is 0 Å². The maximum atomic E-state index is 8.82. The molecule has 0 amide bonds. The third kappa shape index (κ3) is 3.40. The first-order chi connectivity index (χ1) is 9.61. The van der Waals surface area contributed by atoms with Gasteiger partial charge in [-0.3, -0.25) is 0 Å². The summed E-state index contributed by atoms with van der Waals surface area (Å²) in [6, 6.07) is 4.26. The Kier molecular flexibility index (Phi) is 4.82. The predicted molar refractivity (Wildman–Crippen MR) is 81.4 cm³/mol. The minimum Gasteiger partial charge on any atom is -0.409 e. The molecule has 1 aromatic rings. The van der Waals surface area contributed by atoms with Crippen molar-refractivity contribution >= 4 is 11.7 Å². The van der Waals surface area contributed by atoms with Gasteiger partial charge in [0.05, 0.1) is 0 Å². The Balaban J connectivity index is 2.24. The van der Waals surface area contributed by atoms with Crippen molar-refractivity contribution in [2.24, 2.45) is 10.9 Å². The Labute approximate surface area is 120 Å². The summed E-state index contributed by atoms with van der Waals surface area (Å²) in [7, 11) is 2.09. The lowest BCUT2D eigenvalue weighted by atomic mass is 10.1. The van der Waals surface area contributed by atoms with Crippen molar-refractivity contribution in [3.05, 3.63) is 23.4 Å². The fourth-order valence-electron chi connectivity index (χ4n) is 2.87. The Hall–Kier alpha value is -1.78. The van der Waals surface area contributed by atoms with Crippen LogP contribution in [-0.4, -0.2) is 29.1 Å². The molecular weight excluding hydrogens is 252 g/mol. The smallest absolute Gasteiger partial charge is 0.170 e. The summed E-state index contributed by atoms with van der Waals surface area (Å²) in [6.07, 6.45) is 7.67. The molecule has 0 bridgehead atoms. The van der Waals surface area contributed by atoms with Crippen molar-refractivity contribution in [3.63, 3.8) is 0 Å². The summed E-state index contributed by atoms with van der Waals surface area (Å²) < 4.78 is 0. The van der Waals surface area contributed by atoms with E-state index in [9.17, 15) is 0 Å². The van der Waals surface area contributed by atoms with Gasteiger partial charge in [0.15, 0.2) is 5.84 Å². The van der Waals surface area contributed by atoms with E-state index in [2.05, 4.69) is 22.1 Å². The maximum absolute atomic E-state index is 8.82. The SMILES string of the molecule is Cc1cc(/C(N)=N/O)cc(N(C)C2CCCCCC2)n1. The number of rotatable bonds is 3. The summed E-state index contributed by atoms with van der Waals surface area (Å²) in [5.74, 6) is 1.03. The van der Waals surface area contributed by atoms with Gasteiger partial charge in [-0.2, -0.15) is 0 Å². The average molecular weight is 276 g/mol. The number of nitrogens with two attached hydrogens (primary N) is 1. The summed E-state index contributed by atoms with van der Waals surface area (Å²) in [6.45, 7) is 1.93. The fourth-order valence-corrected chi connectivity index (χ4v) is 2.87. The van der Waals surface area contributed by atoms with Crippen LogP contribution in [0.2, 0.25) is 0 Å². The van der Waals surface area contributed by atoms with E-state index < -0.39 is 0 Å². The van der Waals surface area contributed by atoms with E-state index in [0.29, 0.717) is 6.04 Å². The highest BCUT2D eigenvalue weighted by Gasteiger charge is 2.19. The van der Waals surface area contributed by atoms with Crippen LogP contribution in [0, 0.1) is 6.92 Å². The number of amidine groups is 1. The largest absolute Gasteiger partial charge is 0.409 e. The minimum atomic E-state index is 0.131. The Morgan fingerprint density at radius 3 is 2.55 bits per heavy atom. The van der Waals surface area contributed by atoms with Gasteiger partial charge in [-0.1, -0.05) is 30.8 Å². The molecule has 0 saturated heterocycles. The molecule has 0 aliphatic heterocycles. The molecule has 0 atom stereocenters. The predicted octanol–water partition coefficient (Wildman–Crippen LogP) is 2.64. The Morgan fingerprint density at radius 1 is 1.30 bits per heavy atom. The quantitative estimate of drug-likeness (QED) is 0.292. The first-order valence-electron chi connectivity index (χ1n) is 7.31. The standard InChI is InChI=1S/C15H24N4O/c1-11-9-12(15(16)18-20)10-14(17-11)19(2)13-7-5-3-4-6-8-13/h9-10,13,20H,3-8H2,1-2H3,(H2,16,18). The van der Waals surface area contributed by atoms with Gasteiger partial charge in [0.1, 0.15) is 5.82 Å². The molecule has 1 aliphatic rings. The van der Waals surface area contributed by atoms with Crippen LogP contribution in [0.3, 0.4) is 0 Å². The van der Waals surface area contributed by atoms with Gasteiger partial charge < -0.3 is 15.8 Å². The number of hydrogen-bond acceptors (Lipinski definition) is 4. The molecule has 5 heteroatoms. The lowest BCUT2D eigenvalue weighted by molar-refractivity contribution is 0.318. The number of pyridine rings is 1. The molecule has 20 heavy (non-hydrogen) atoms. The van der Waals surface area contributed by atoms with Crippen LogP contribution < -0.4 is 10.6 Å². The molecule has 0 spiro atoms. The van der Waals surface area contributed by atoms with Gasteiger partial charge in [-0.15, -0.1) is 0 Å². The number of anilines is 1. The lowest BCUT2D eigenvalue weighted by Crippen LogP contribution is -2.32. The zero-order valence-electron chi connectivity index (χ0n) is 12.3. The van der Waals surface area contributed by atoms with E-state index >= 15 is 0 Å². The maximum Gasteiger partial charge on any atom is 0.170 e. The van der Waals surface area contributed by atoms with Gasteiger partial charge in [-0.05, 0) is 31.9 Å². The second-order valence-electron chi connectivity index (χ2n) is 5.60. The molecule has 1 fully saturated rings. The summed E-state index contributed by atoms with van der Waals surface area (Å²) in [4.78, 5) is 6.83. The number of aryl methyl sites for hydroxylation is 1. The van der Waals surface area contributed by atoms with E-state index in [1.807, 2.05) is 19.1 Å². The molecule has 0 radical (unpaired) electrons. The summed E-state index contributed by atoms with van der Waals surface area (Å²) in [5.41, 5.74) is 7.29. The van der Waals surface area contributed by atoms with Crippen LogP contribution in [0.15, 0.2) is 17.3 Å². The normalized spacial score (nSPS) is 17.8. The lowest BCUT2D eigenvalue weighted by Gasteiger charge is -2.28. The van der Waals surface area contributed by atoms with Crippen molar-refractivity contribution in [1.29, 1.82) is 0 Å². The van der Waals surface area contributed by atoms with Crippen molar-refractivity contribution < 1.29 is 5.21 Å². The van der Waals surface area contributed by atoms with Gasteiger partial charge in [0.2, 0.25) is 0 Å². The molecule has 110 valence electrons. The van der Waals surface area contributed by atoms with Crippen LogP contribution in [0.5, 0.6) is 0 Å². The van der Waals surface area contributed by atoms with Crippen molar-refractivity contribution in [2.75, 3.05) is 11.9 Å². The highest BCUT2D eigenvalue weighted by atomic mass is 16.4. The zero-order chi connectivity index (χ0) is 14.5. The molecule has 1 heterocycles. The van der Waals surface area contributed by atoms with Crippen molar-refractivity contribution in [3.8, 4) is 0 Å². The summed E-state index contributed by atoms with van der Waals surface area (Å²) in [5, 5.41) is 11.9. The molecule has 3 N–H and O–H groups in total. The van der Waals surface area contributed by atoms with Crippen LogP contribution in [0.25, 0.3) is 0 Å². The third-order valence-corrected chi connectivity index (χ3v) is 4.08. The monoisotopic (exact) mass is 276 g/mol. The minimum absolute atomic E-state index is 0.131. The number of nitrogens with zero attached hydrogens (tertiary/aromatic N) is 3. The third-order valence-electron chi connectivity index (χ3n) is 4.08. The van der Waals surface area contributed by atoms with E-state index in [1.54, 1.807) is 0 Å². The van der Waals surface area contributed by atoms with Gasteiger partial charge >= 0.3 is 0 Å². The highest BCUT2D eigenvalue weighted by molar-refractivity contribution is 5.97. The van der Waals surface area contributed by atoms with Crippen LogP contribution in [0.1, 0.15) is 49.8 Å². The zero-order valence-corrected chi connectivity index (χ0v) is 12.3. The van der Waals surface area contributed by atoms with E-state index in [-0.39, 0.29) is 5.84 Å². The summed E-state index contributed by atoms with van der Waals surface area (Å²) >= 11 is 0. The Bertz CT molecular complexity index is 479. The van der Waals surface area contributed by atoms with Crippen molar-refractivity contribution in [2.45, 2.75) is 51.5 Å².